The molecule has 0 aliphatic carbocycles. The zero-order chi connectivity index (χ0) is 74.6. The van der Waals surface area contributed by atoms with E-state index in [1.165, 1.54) is 231 Å². The Morgan fingerprint density at radius 2 is 0.451 bits per heavy atom. The second-order valence-electron chi connectivity index (χ2n) is 29.1. The van der Waals surface area contributed by atoms with Crippen LogP contribution in [0.2, 0.25) is 0 Å². The molecule has 0 amide bonds. The van der Waals surface area contributed by atoms with Gasteiger partial charge in [-0.3, -0.25) is 37.3 Å². The van der Waals surface area contributed by atoms with Crippen molar-refractivity contribution in [3.8, 4) is 0 Å². The highest BCUT2D eigenvalue weighted by Gasteiger charge is 2.30. The molecule has 0 fully saturated rings. The van der Waals surface area contributed by atoms with Crippen molar-refractivity contribution in [3.63, 3.8) is 0 Å². The Balaban J connectivity index is 5.30. The molecule has 5 atom stereocenters. The molecule has 0 aliphatic heterocycles. The Labute approximate surface area is 624 Å². The number of allylic oxidation sites excluding steroid dienone is 4. The lowest BCUT2D eigenvalue weighted by atomic mass is 10.0. The van der Waals surface area contributed by atoms with Gasteiger partial charge in [-0.05, 0) is 77.0 Å². The van der Waals surface area contributed by atoms with Gasteiger partial charge in [-0.15, -0.1) is 0 Å². The molecule has 0 radical (unpaired) electrons. The minimum absolute atomic E-state index is 0.0939. The lowest BCUT2D eigenvalue weighted by Crippen LogP contribution is -2.30. The van der Waals surface area contributed by atoms with Gasteiger partial charge in [-0.2, -0.15) is 0 Å². The molecule has 102 heavy (non-hydrogen) atoms. The second kappa shape index (κ2) is 76.7. The van der Waals surface area contributed by atoms with Crippen LogP contribution in [0, 0.1) is 0 Å². The first-order chi connectivity index (χ1) is 49.7. The van der Waals surface area contributed by atoms with Crippen molar-refractivity contribution >= 4 is 39.5 Å². The summed E-state index contributed by atoms with van der Waals surface area (Å²) < 4.78 is 68.8. The number of esters is 4. The van der Waals surface area contributed by atoms with Gasteiger partial charge in [0.2, 0.25) is 0 Å². The molecule has 602 valence electrons. The highest BCUT2D eigenvalue weighted by atomic mass is 31.2. The average Bonchev–Trinajstić information content (AvgIpc) is 2.02. The van der Waals surface area contributed by atoms with Gasteiger partial charge in [0.15, 0.2) is 12.2 Å². The maximum absolute atomic E-state index is 13.1. The maximum atomic E-state index is 13.1. The molecule has 0 saturated heterocycles. The summed E-state index contributed by atoms with van der Waals surface area (Å²) in [4.78, 5) is 73.1. The Kier molecular flexibility index (Phi) is 74.9. The molecular formula is C83H158O17P2. The molecule has 0 aliphatic rings. The molecule has 0 spiro atoms. The summed E-state index contributed by atoms with van der Waals surface area (Å²) in [5.41, 5.74) is 0. The summed E-state index contributed by atoms with van der Waals surface area (Å²) in [6, 6.07) is 0. The summed E-state index contributed by atoms with van der Waals surface area (Å²) in [6.07, 6.45) is 72.8. The van der Waals surface area contributed by atoms with Crippen molar-refractivity contribution in [2.75, 3.05) is 39.6 Å². The quantitative estimate of drug-likeness (QED) is 0.0169. The standard InChI is InChI=1S/C83H158O17P2/c1-5-9-13-17-21-25-29-33-37-38-42-44-48-52-56-60-64-68-81(86)94-74-79(100-83(88)70-66-62-58-54-50-46-41-36-32-28-24-20-16-12-8-4)76-98-102(91,92)96-72-77(84)71-95-101(89,90)97-75-78(99-82(87)69-65-61-57-53-49-45-40-35-31-27-23-19-15-11-7-3)73-93-80(85)67-63-59-55-51-47-43-39-34-30-26-22-18-14-10-6-2/h35-36,40-41,77-79,84H,5-34,37-39,42-76H2,1-4H3,(H,89,90)(H,91,92)/b40-35-,41-36-/t77-,78-,79-/m1/s1. The lowest BCUT2D eigenvalue weighted by molar-refractivity contribution is -0.161. The van der Waals surface area contributed by atoms with Crippen LogP contribution in [0.15, 0.2) is 24.3 Å². The summed E-state index contributed by atoms with van der Waals surface area (Å²) in [6.45, 7) is 4.99. The number of hydrogen-bond acceptors (Lipinski definition) is 15. The number of carbonyl (C=O) groups is 4. The van der Waals surface area contributed by atoms with Gasteiger partial charge in [-0.25, -0.2) is 9.13 Å². The minimum Gasteiger partial charge on any atom is -0.462 e. The van der Waals surface area contributed by atoms with Gasteiger partial charge in [0.25, 0.3) is 0 Å². The monoisotopic (exact) mass is 1490 g/mol. The Morgan fingerprint density at radius 1 is 0.265 bits per heavy atom. The number of phosphoric ester groups is 2. The predicted molar refractivity (Wildman–Crippen MR) is 418 cm³/mol. The highest BCUT2D eigenvalue weighted by Crippen LogP contribution is 2.45. The third-order valence-corrected chi connectivity index (χ3v) is 20.8. The van der Waals surface area contributed by atoms with E-state index < -0.39 is 97.5 Å². The first-order valence-electron chi connectivity index (χ1n) is 42.6. The van der Waals surface area contributed by atoms with Crippen molar-refractivity contribution < 1.29 is 80.2 Å². The zero-order valence-electron chi connectivity index (χ0n) is 66.1. The summed E-state index contributed by atoms with van der Waals surface area (Å²) in [5.74, 6) is -2.13. The van der Waals surface area contributed by atoms with E-state index in [0.29, 0.717) is 25.7 Å². The molecule has 0 rings (SSSR count). The first kappa shape index (κ1) is 99.5. The van der Waals surface area contributed by atoms with Crippen LogP contribution in [0.3, 0.4) is 0 Å². The molecule has 3 N–H and O–H groups in total. The van der Waals surface area contributed by atoms with E-state index in [1.807, 2.05) is 0 Å². The molecule has 0 aromatic carbocycles. The number of aliphatic hydroxyl groups excluding tert-OH is 1. The largest absolute Gasteiger partial charge is 0.472 e. The number of aliphatic hydroxyl groups is 1. The Hall–Kier alpha value is -2.46. The van der Waals surface area contributed by atoms with Crippen molar-refractivity contribution in [3.05, 3.63) is 24.3 Å². The topological polar surface area (TPSA) is 237 Å². The molecule has 0 heterocycles. The molecular weight excluding hydrogens is 1330 g/mol. The minimum atomic E-state index is -4.97. The fraction of sp³-hybridized carbons (Fsp3) is 0.904. The molecule has 0 saturated carbocycles. The summed E-state index contributed by atoms with van der Waals surface area (Å²) in [5, 5.41) is 10.7. The third-order valence-electron chi connectivity index (χ3n) is 18.9. The van der Waals surface area contributed by atoms with Crippen molar-refractivity contribution in [2.24, 2.45) is 0 Å². The van der Waals surface area contributed by atoms with Crippen LogP contribution < -0.4 is 0 Å². The van der Waals surface area contributed by atoms with E-state index in [-0.39, 0.29) is 25.7 Å². The normalized spacial score (nSPS) is 13.9. The zero-order valence-corrected chi connectivity index (χ0v) is 67.9. The first-order valence-corrected chi connectivity index (χ1v) is 45.6. The van der Waals surface area contributed by atoms with Crippen LogP contribution >= 0.6 is 15.6 Å². The van der Waals surface area contributed by atoms with Crippen LogP contribution in [0.4, 0.5) is 0 Å². The molecule has 0 aromatic rings. The number of ether oxygens (including phenoxy) is 4. The lowest BCUT2D eigenvalue weighted by Gasteiger charge is -2.21. The number of unbranched alkanes of at least 4 members (excludes halogenated alkanes) is 52. The Morgan fingerprint density at radius 3 is 0.676 bits per heavy atom. The molecule has 19 heteroatoms. The van der Waals surface area contributed by atoms with Crippen molar-refractivity contribution in [2.45, 2.75) is 444 Å². The number of phosphoric acid groups is 2. The smallest absolute Gasteiger partial charge is 0.462 e. The van der Waals surface area contributed by atoms with E-state index >= 15 is 0 Å². The second-order valence-corrected chi connectivity index (χ2v) is 32.0. The van der Waals surface area contributed by atoms with Gasteiger partial charge >= 0.3 is 39.5 Å². The number of rotatable bonds is 82. The molecule has 2 unspecified atom stereocenters. The summed E-state index contributed by atoms with van der Waals surface area (Å²) in [7, 11) is -9.94. The predicted octanol–water partition coefficient (Wildman–Crippen LogP) is 24.9. The fourth-order valence-corrected chi connectivity index (χ4v) is 14.0. The Bertz CT molecular complexity index is 2020. The van der Waals surface area contributed by atoms with Gasteiger partial charge in [0.05, 0.1) is 26.4 Å². The van der Waals surface area contributed by atoms with Crippen molar-refractivity contribution in [1.82, 2.24) is 0 Å². The van der Waals surface area contributed by atoms with Gasteiger partial charge in [0.1, 0.15) is 19.3 Å². The van der Waals surface area contributed by atoms with Crippen LogP contribution in [0.25, 0.3) is 0 Å². The number of hydrogen-bond donors (Lipinski definition) is 3. The summed E-state index contributed by atoms with van der Waals surface area (Å²) >= 11 is 0. The molecule has 0 bridgehead atoms. The van der Waals surface area contributed by atoms with E-state index in [1.54, 1.807) is 0 Å². The SMILES string of the molecule is CCCCCCCC/C=C\CCCCCCCC(=O)O[C@H](COC(=O)CCCCCCCCCCCCCCCCC)COP(=O)(O)OC[C@@H](O)COP(=O)(O)OC[C@@H](COC(=O)CCCCCCCCCCCCCCCCCCC)OC(=O)CCCCCCC/C=C\CCCCCCCC. The van der Waals surface area contributed by atoms with E-state index in [2.05, 4.69) is 52.0 Å². The van der Waals surface area contributed by atoms with Gasteiger partial charge in [0, 0.05) is 25.7 Å². The van der Waals surface area contributed by atoms with Crippen LogP contribution in [0.5, 0.6) is 0 Å². The van der Waals surface area contributed by atoms with E-state index in [4.69, 9.17) is 37.0 Å². The highest BCUT2D eigenvalue weighted by molar-refractivity contribution is 7.47. The molecule has 0 aromatic heterocycles. The maximum Gasteiger partial charge on any atom is 0.472 e. The fourth-order valence-electron chi connectivity index (χ4n) is 12.4. The van der Waals surface area contributed by atoms with Gasteiger partial charge in [-0.1, -0.05) is 347 Å². The van der Waals surface area contributed by atoms with E-state index in [9.17, 15) is 43.2 Å². The van der Waals surface area contributed by atoms with Gasteiger partial charge < -0.3 is 33.8 Å². The van der Waals surface area contributed by atoms with Crippen LogP contribution in [-0.2, 0) is 65.4 Å². The third kappa shape index (κ3) is 75.8. The van der Waals surface area contributed by atoms with Crippen LogP contribution in [-0.4, -0.2) is 96.7 Å². The van der Waals surface area contributed by atoms with E-state index in [0.717, 1.165) is 116 Å². The number of carbonyl (C=O) groups excluding carboxylic acids is 4. The average molecular weight is 1490 g/mol. The van der Waals surface area contributed by atoms with Crippen LogP contribution in [0.1, 0.15) is 426 Å². The van der Waals surface area contributed by atoms with Crippen molar-refractivity contribution in [1.29, 1.82) is 0 Å². The molecule has 17 nitrogen and oxygen atoms in total.